The highest BCUT2D eigenvalue weighted by Crippen LogP contribution is 2.20. The zero-order valence-corrected chi connectivity index (χ0v) is 18.2. The first-order chi connectivity index (χ1) is 14.6. The average Bonchev–Trinajstić information content (AvgIpc) is 3.45. The molecule has 2 aromatic heterocycles. The lowest BCUT2D eigenvalue weighted by Gasteiger charge is -2.36. The van der Waals surface area contributed by atoms with Crippen LogP contribution in [0.1, 0.15) is 23.3 Å². The van der Waals surface area contributed by atoms with Gasteiger partial charge in [-0.1, -0.05) is 35.5 Å². The molecule has 1 aromatic carbocycles. The third-order valence-electron chi connectivity index (χ3n) is 5.56. The van der Waals surface area contributed by atoms with Gasteiger partial charge in [-0.3, -0.25) is 14.6 Å². The Hall–Kier alpha value is -2.55. The Labute approximate surface area is 180 Å². The van der Waals surface area contributed by atoms with Crippen molar-refractivity contribution in [3.63, 3.8) is 0 Å². The summed E-state index contributed by atoms with van der Waals surface area (Å²) in [6.07, 6.45) is 0. The van der Waals surface area contributed by atoms with Gasteiger partial charge < -0.3 is 9.84 Å². The van der Waals surface area contributed by atoms with E-state index < -0.39 is 0 Å². The second kappa shape index (κ2) is 9.51. The van der Waals surface area contributed by atoms with Crippen LogP contribution < -0.4 is 5.32 Å². The fourth-order valence-electron chi connectivity index (χ4n) is 3.65. The second-order valence-electron chi connectivity index (χ2n) is 7.61. The summed E-state index contributed by atoms with van der Waals surface area (Å²) >= 11 is 1.66. The molecule has 1 aliphatic heterocycles. The number of nitrogens with one attached hydrogen (secondary N) is 1. The Morgan fingerprint density at radius 1 is 1.20 bits per heavy atom. The molecule has 3 aromatic rings. The van der Waals surface area contributed by atoms with Crippen LogP contribution in [-0.2, 0) is 17.9 Å². The molecule has 7 nitrogen and oxygen atoms in total. The summed E-state index contributed by atoms with van der Waals surface area (Å²) < 4.78 is 5.48. The number of benzene rings is 1. The summed E-state index contributed by atoms with van der Waals surface area (Å²) in [5.41, 5.74) is 2.13. The zero-order valence-electron chi connectivity index (χ0n) is 17.4. The lowest BCUT2D eigenvalue weighted by Crippen LogP contribution is -2.53. The van der Waals surface area contributed by atoms with Crippen molar-refractivity contribution in [1.82, 2.24) is 25.3 Å². The van der Waals surface area contributed by atoms with Crippen molar-refractivity contribution >= 4 is 17.2 Å². The summed E-state index contributed by atoms with van der Waals surface area (Å²) in [5, 5.41) is 9.21. The molecule has 3 heterocycles. The molecular formula is C22H27N5O2S. The molecule has 0 saturated carbocycles. The molecule has 1 saturated heterocycles. The van der Waals surface area contributed by atoms with Crippen LogP contribution in [0, 0.1) is 6.92 Å². The molecular weight excluding hydrogens is 398 g/mol. The van der Waals surface area contributed by atoms with Crippen LogP contribution in [0.15, 0.2) is 46.3 Å². The predicted octanol–water partition coefficient (Wildman–Crippen LogP) is 2.93. The summed E-state index contributed by atoms with van der Waals surface area (Å²) in [7, 11) is 0. The van der Waals surface area contributed by atoms with Crippen LogP contribution >= 0.6 is 11.3 Å². The van der Waals surface area contributed by atoms with E-state index in [0.717, 1.165) is 37.3 Å². The largest absolute Gasteiger partial charge is 0.350 e. The van der Waals surface area contributed by atoms with Gasteiger partial charge in [-0.15, -0.1) is 11.3 Å². The first-order valence-corrected chi connectivity index (χ1v) is 11.1. The smallest absolute Gasteiger partial charge is 0.241 e. The number of hydrogen-bond acceptors (Lipinski definition) is 7. The van der Waals surface area contributed by atoms with E-state index in [1.807, 2.05) is 55.6 Å². The number of aromatic nitrogens is 2. The molecule has 0 bridgehead atoms. The van der Waals surface area contributed by atoms with Crippen molar-refractivity contribution in [2.75, 3.05) is 26.2 Å². The lowest BCUT2D eigenvalue weighted by molar-refractivity contribution is -0.126. The molecule has 0 radical (unpaired) electrons. The summed E-state index contributed by atoms with van der Waals surface area (Å²) in [6, 6.07) is 11.9. The molecule has 1 N–H and O–H groups in total. The molecule has 30 heavy (non-hydrogen) atoms. The molecule has 1 atom stereocenters. The van der Waals surface area contributed by atoms with Crippen molar-refractivity contribution in [3.8, 4) is 11.4 Å². The van der Waals surface area contributed by atoms with E-state index in [0.29, 0.717) is 24.8 Å². The maximum atomic E-state index is 12.5. The topological polar surface area (TPSA) is 74.5 Å². The Morgan fingerprint density at radius 3 is 2.73 bits per heavy atom. The van der Waals surface area contributed by atoms with E-state index in [2.05, 4.69) is 25.3 Å². The third-order valence-corrected chi connectivity index (χ3v) is 6.44. The standard InChI is InChI=1S/C22H27N5O2S/c1-16-6-3-4-8-19(16)21-24-20(29-25-21)15-26-9-11-27(12-10-26)17(2)22(28)23-14-18-7-5-13-30-18/h3-8,13,17H,9-12,14-15H2,1-2H3,(H,23,28). The first-order valence-electron chi connectivity index (χ1n) is 10.3. The van der Waals surface area contributed by atoms with Crippen LogP contribution in [0.3, 0.4) is 0 Å². The monoisotopic (exact) mass is 425 g/mol. The maximum Gasteiger partial charge on any atom is 0.241 e. The van der Waals surface area contributed by atoms with Crippen LogP contribution in [0.5, 0.6) is 0 Å². The quantitative estimate of drug-likeness (QED) is 0.627. The molecule has 0 spiro atoms. The van der Waals surface area contributed by atoms with Crippen molar-refractivity contribution in [1.29, 1.82) is 0 Å². The minimum Gasteiger partial charge on any atom is -0.350 e. The number of thiophene rings is 1. The van der Waals surface area contributed by atoms with Crippen LogP contribution in [-0.4, -0.2) is 58.1 Å². The number of rotatable bonds is 7. The van der Waals surface area contributed by atoms with Crippen molar-refractivity contribution in [2.45, 2.75) is 33.0 Å². The van der Waals surface area contributed by atoms with Crippen molar-refractivity contribution < 1.29 is 9.32 Å². The van der Waals surface area contributed by atoms with Gasteiger partial charge in [0.15, 0.2) is 0 Å². The summed E-state index contributed by atoms with van der Waals surface area (Å²) in [5.74, 6) is 1.35. The van der Waals surface area contributed by atoms with Gasteiger partial charge in [0.05, 0.1) is 19.1 Å². The minimum atomic E-state index is -0.136. The molecule has 158 valence electrons. The molecule has 1 fully saturated rings. The summed E-state index contributed by atoms with van der Waals surface area (Å²) in [4.78, 5) is 22.7. The highest BCUT2D eigenvalue weighted by Gasteiger charge is 2.26. The molecule has 1 unspecified atom stereocenters. The first kappa shape index (κ1) is 20.7. The normalized spacial score (nSPS) is 16.5. The third kappa shape index (κ3) is 4.95. The number of nitrogens with zero attached hydrogens (tertiary/aromatic N) is 4. The highest BCUT2D eigenvalue weighted by molar-refractivity contribution is 7.09. The number of aryl methyl sites for hydroxylation is 1. The number of piperazine rings is 1. The van der Waals surface area contributed by atoms with Gasteiger partial charge in [0.1, 0.15) is 0 Å². The Morgan fingerprint density at radius 2 is 2.00 bits per heavy atom. The van der Waals surface area contributed by atoms with Crippen LogP contribution in [0.4, 0.5) is 0 Å². The number of hydrogen-bond donors (Lipinski definition) is 1. The number of carbonyl (C=O) groups is 1. The van der Waals surface area contributed by atoms with E-state index in [4.69, 9.17) is 4.52 Å². The SMILES string of the molecule is Cc1ccccc1-c1noc(CN2CCN(C(C)C(=O)NCc3cccs3)CC2)n1. The van der Waals surface area contributed by atoms with Crippen LogP contribution in [0.2, 0.25) is 0 Å². The molecule has 0 aliphatic carbocycles. The Balaban J connectivity index is 1.25. The average molecular weight is 426 g/mol. The van der Waals surface area contributed by atoms with E-state index in [9.17, 15) is 4.79 Å². The molecule has 4 rings (SSSR count). The van der Waals surface area contributed by atoms with Gasteiger partial charge in [0.2, 0.25) is 17.6 Å². The van der Waals surface area contributed by atoms with Gasteiger partial charge in [0.25, 0.3) is 0 Å². The Bertz CT molecular complexity index is 964. The van der Waals surface area contributed by atoms with Crippen molar-refractivity contribution in [3.05, 3.63) is 58.1 Å². The predicted molar refractivity (Wildman–Crippen MR) is 117 cm³/mol. The van der Waals surface area contributed by atoms with Gasteiger partial charge in [-0.25, -0.2) is 0 Å². The van der Waals surface area contributed by atoms with Crippen LogP contribution in [0.25, 0.3) is 11.4 Å². The second-order valence-corrected chi connectivity index (χ2v) is 8.64. The van der Waals surface area contributed by atoms with E-state index in [1.54, 1.807) is 11.3 Å². The lowest BCUT2D eigenvalue weighted by atomic mass is 10.1. The maximum absolute atomic E-state index is 12.5. The summed E-state index contributed by atoms with van der Waals surface area (Å²) in [6.45, 7) is 8.66. The van der Waals surface area contributed by atoms with E-state index in [-0.39, 0.29) is 11.9 Å². The van der Waals surface area contributed by atoms with E-state index in [1.165, 1.54) is 4.88 Å². The molecule has 8 heteroatoms. The number of amides is 1. The highest BCUT2D eigenvalue weighted by atomic mass is 32.1. The van der Waals surface area contributed by atoms with Crippen molar-refractivity contribution in [2.24, 2.45) is 0 Å². The minimum absolute atomic E-state index is 0.0802. The molecule has 1 amide bonds. The van der Waals surface area contributed by atoms with Gasteiger partial charge >= 0.3 is 0 Å². The fourth-order valence-corrected chi connectivity index (χ4v) is 4.30. The van der Waals surface area contributed by atoms with Gasteiger partial charge in [0, 0.05) is 36.6 Å². The van der Waals surface area contributed by atoms with Gasteiger partial charge in [-0.05, 0) is 30.9 Å². The zero-order chi connectivity index (χ0) is 20.9. The van der Waals surface area contributed by atoms with Gasteiger partial charge in [-0.2, -0.15) is 4.98 Å². The fraction of sp³-hybridized carbons (Fsp3) is 0.409. The Kier molecular flexibility index (Phi) is 6.56. The van der Waals surface area contributed by atoms with E-state index >= 15 is 0 Å². The molecule has 1 aliphatic rings. The number of carbonyl (C=O) groups excluding carboxylic acids is 1.